The third-order valence-corrected chi connectivity index (χ3v) is 6.76. The second kappa shape index (κ2) is 4.66. The van der Waals surface area contributed by atoms with E-state index in [-0.39, 0.29) is 5.41 Å². The largest absolute Gasteiger partial charge is 0.0610 e. The lowest BCUT2D eigenvalue weighted by molar-refractivity contribution is 0.660. The van der Waals surface area contributed by atoms with Gasteiger partial charge in [0, 0.05) is 9.89 Å². The summed E-state index contributed by atoms with van der Waals surface area (Å²) in [4.78, 5) is 0. The van der Waals surface area contributed by atoms with Gasteiger partial charge in [0.1, 0.15) is 0 Å². The van der Waals surface area contributed by atoms with Gasteiger partial charge in [0.25, 0.3) is 0 Å². The van der Waals surface area contributed by atoms with E-state index in [2.05, 4.69) is 96.5 Å². The average Bonchev–Trinajstić information content (AvgIpc) is 3.08. The van der Waals surface area contributed by atoms with E-state index in [4.69, 9.17) is 0 Å². The van der Waals surface area contributed by atoms with Crippen LogP contribution in [0.15, 0.2) is 71.2 Å². The molecule has 0 bridgehead atoms. The highest BCUT2D eigenvalue weighted by Crippen LogP contribution is 2.58. The minimum absolute atomic E-state index is 0.0200. The van der Waals surface area contributed by atoms with E-state index in [9.17, 15) is 0 Å². The van der Waals surface area contributed by atoms with Crippen molar-refractivity contribution >= 4 is 26.7 Å². The number of benzene rings is 4. The summed E-state index contributed by atoms with van der Waals surface area (Å²) in [6, 6.07) is 24.8. The molecule has 0 N–H and O–H groups in total. The molecular weight excluding hydrogens is 380 g/mol. The molecule has 26 heavy (non-hydrogen) atoms. The summed E-state index contributed by atoms with van der Waals surface area (Å²) in [5.41, 5.74) is 11.2. The van der Waals surface area contributed by atoms with E-state index in [1.807, 2.05) is 0 Å². The Morgan fingerprint density at radius 3 is 2.19 bits per heavy atom. The predicted molar refractivity (Wildman–Crippen MR) is 114 cm³/mol. The van der Waals surface area contributed by atoms with Gasteiger partial charge in [-0.05, 0) is 67.4 Å². The van der Waals surface area contributed by atoms with E-state index in [1.54, 1.807) is 0 Å². The maximum atomic E-state index is 3.67. The van der Waals surface area contributed by atoms with Crippen LogP contribution in [0.1, 0.15) is 25.0 Å². The van der Waals surface area contributed by atoms with Crippen LogP contribution in [0.25, 0.3) is 44.2 Å². The summed E-state index contributed by atoms with van der Waals surface area (Å²) in [6.07, 6.45) is 0. The van der Waals surface area contributed by atoms with Crippen LogP contribution in [0.2, 0.25) is 0 Å². The summed E-state index contributed by atoms with van der Waals surface area (Å²) in [6.45, 7) is 4.69. The molecule has 0 nitrogen and oxygen atoms in total. The van der Waals surface area contributed by atoms with Crippen LogP contribution in [-0.4, -0.2) is 0 Å². The zero-order chi connectivity index (χ0) is 17.6. The number of hydrogen-bond donors (Lipinski definition) is 0. The van der Waals surface area contributed by atoms with Gasteiger partial charge in [0.15, 0.2) is 0 Å². The summed E-state index contributed by atoms with van der Waals surface area (Å²) >= 11 is 3.67. The van der Waals surface area contributed by atoms with Crippen LogP contribution < -0.4 is 0 Å². The summed E-state index contributed by atoms with van der Waals surface area (Å²) < 4.78 is 1.15. The SMILES string of the molecule is CC1(C)c2cc(Br)ccc2-c2c1ccc1c2-c2cccc3cccc-1c23. The molecule has 2 aliphatic carbocycles. The second-order valence-corrected chi connectivity index (χ2v) is 8.85. The zero-order valence-corrected chi connectivity index (χ0v) is 16.3. The van der Waals surface area contributed by atoms with Crippen molar-refractivity contribution in [3.05, 3.63) is 82.3 Å². The normalized spacial score (nSPS) is 15.0. The molecule has 6 rings (SSSR count). The van der Waals surface area contributed by atoms with Crippen molar-refractivity contribution in [1.29, 1.82) is 0 Å². The second-order valence-electron chi connectivity index (χ2n) is 7.93. The monoisotopic (exact) mass is 396 g/mol. The predicted octanol–water partition coefficient (Wildman–Crippen LogP) is 7.56. The maximum Gasteiger partial charge on any atom is 0.0178 e. The first-order valence-electron chi connectivity index (χ1n) is 9.08. The Morgan fingerprint density at radius 1 is 0.654 bits per heavy atom. The van der Waals surface area contributed by atoms with Crippen molar-refractivity contribution < 1.29 is 0 Å². The fourth-order valence-electron chi connectivity index (χ4n) is 5.08. The van der Waals surface area contributed by atoms with Crippen LogP contribution >= 0.6 is 15.9 Å². The third kappa shape index (κ3) is 1.61. The van der Waals surface area contributed by atoms with Gasteiger partial charge < -0.3 is 0 Å². The van der Waals surface area contributed by atoms with Gasteiger partial charge >= 0.3 is 0 Å². The third-order valence-electron chi connectivity index (χ3n) is 6.27. The van der Waals surface area contributed by atoms with Gasteiger partial charge in [-0.2, -0.15) is 0 Å². The number of hydrogen-bond acceptors (Lipinski definition) is 0. The fraction of sp³-hybridized carbons (Fsp3) is 0.120. The van der Waals surface area contributed by atoms with Gasteiger partial charge in [-0.25, -0.2) is 0 Å². The Morgan fingerprint density at radius 2 is 1.38 bits per heavy atom. The number of halogens is 1. The molecule has 0 atom stereocenters. The van der Waals surface area contributed by atoms with Crippen molar-refractivity contribution in [2.45, 2.75) is 19.3 Å². The van der Waals surface area contributed by atoms with Crippen molar-refractivity contribution in [2.24, 2.45) is 0 Å². The fourth-order valence-corrected chi connectivity index (χ4v) is 5.44. The average molecular weight is 397 g/mol. The molecule has 2 aliphatic rings. The molecule has 0 saturated heterocycles. The van der Waals surface area contributed by atoms with Crippen molar-refractivity contribution in [3.8, 4) is 33.4 Å². The first kappa shape index (κ1) is 14.8. The van der Waals surface area contributed by atoms with Crippen LogP contribution in [0, 0.1) is 0 Å². The maximum absolute atomic E-state index is 3.67. The Kier molecular flexibility index (Phi) is 2.65. The molecule has 0 radical (unpaired) electrons. The van der Waals surface area contributed by atoms with Gasteiger partial charge in [-0.1, -0.05) is 84.4 Å². The minimum atomic E-state index is 0.0200. The lowest BCUT2D eigenvalue weighted by Gasteiger charge is -2.22. The highest BCUT2D eigenvalue weighted by Gasteiger charge is 2.39. The molecule has 0 aromatic heterocycles. The lowest BCUT2D eigenvalue weighted by Crippen LogP contribution is -2.14. The zero-order valence-electron chi connectivity index (χ0n) is 14.7. The molecule has 0 aliphatic heterocycles. The molecule has 0 unspecified atom stereocenters. The molecule has 4 aromatic rings. The molecule has 0 saturated carbocycles. The van der Waals surface area contributed by atoms with E-state index in [0.29, 0.717) is 0 Å². The first-order valence-corrected chi connectivity index (χ1v) is 9.87. The Hall–Kier alpha value is -2.38. The first-order chi connectivity index (χ1) is 12.6. The van der Waals surface area contributed by atoms with Gasteiger partial charge in [0.2, 0.25) is 0 Å². The van der Waals surface area contributed by atoms with E-state index in [1.165, 1.54) is 55.3 Å². The number of fused-ring (bicyclic) bond motifs is 7. The number of rotatable bonds is 0. The Balaban J connectivity index is 1.81. The molecule has 0 heterocycles. The van der Waals surface area contributed by atoms with Crippen molar-refractivity contribution in [2.75, 3.05) is 0 Å². The molecular formula is C25H17Br. The lowest BCUT2D eigenvalue weighted by atomic mass is 9.81. The molecule has 0 fully saturated rings. The quantitative estimate of drug-likeness (QED) is 0.253. The molecule has 0 spiro atoms. The minimum Gasteiger partial charge on any atom is -0.0610 e. The van der Waals surface area contributed by atoms with E-state index < -0.39 is 0 Å². The smallest absolute Gasteiger partial charge is 0.0178 e. The van der Waals surface area contributed by atoms with Gasteiger partial charge in [-0.3, -0.25) is 0 Å². The molecule has 124 valence electrons. The van der Waals surface area contributed by atoms with E-state index in [0.717, 1.165) is 4.47 Å². The van der Waals surface area contributed by atoms with Crippen LogP contribution in [-0.2, 0) is 5.41 Å². The topological polar surface area (TPSA) is 0 Å². The van der Waals surface area contributed by atoms with Crippen molar-refractivity contribution in [3.63, 3.8) is 0 Å². The summed E-state index contributed by atoms with van der Waals surface area (Å²) in [5.74, 6) is 0. The Labute approximate surface area is 161 Å². The van der Waals surface area contributed by atoms with Crippen LogP contribution in [0.5, 0.6) is 0 Å². The summed E-state index contributed by atoms with van der Waals surface area (Å²) in [5, 5.41) is 2.74. The highest BCUT2D eigenvalue weighted by atomic mass is 79.9. The van der Waals surface area contributed by atoms with Gasteiger partial charge in [0.05, 0.1) is 0 Å². The van der Waals surface area contributed by atoms with Gasteiger partial charge in [-0.15, -0.1) is 0 Å². The Bertz CT molecular complexity index is 1260. The molecule has 1 heteroatoms. The van der Waals surface area contributed by atoms with Crippen LogP contribution in [0.4, 0.5) is 0 Å². The molecule has 0 amide bonds. The summed E-state index contributed by atoms with van der Waals surface area (Å²) in [7, 11) is 0. The van der Waals surface area contributed by atoms with Crippen LogP contribution in [0.3, 0.4) is 0 Å². The standard InChI is InChI=1S/C25H17Br/c1-25(2)20-12-11-17-16-7-3-5-14-6-4-8-19(22(14)16)23(17)24(20)18-10-9-15(26)13-21(18)25/h3-13H,1-2H3. The highest BCUT2D eigenvalue weighted by molar-refractivity contribution is 9.10. The van der Waals surface area contributed by atoms with Crippen molar-refractivity contribution in [1.82, 2.24) is 0 Å². The van der Waals surface area contributed by atoms with E-state index >= 15 is 0 Å². The molecule has 4 aromatic carbocycles.